The number of carbonyl (C=O) groups is 1. The highest BCUT2D eigenvalue weighted by atomic mass is 32.2. The van der Waals surface area contributed by atoms with Crippen LogP contribution in [0.2, 0.25) is 0 Å². The molecule has 124 valence electrons. The number of rotatable bonds is 4. The average Bonchev–Trinajstić information content (AvgIpc) is 2.98. The summed E-state index contributed by atoms with van der Waals surface area (Å²) in [5.74, 6) is 0.891. The Bertz CT molecular complexity index is 721. The molecule has 0 radical (unpaired) electrons. The van der Waals surface area contributed by atoms with Crippen LogP contribution in [0.15, 0.2) is 5.16 Å². The van der Waals surface area contributed by atoms with Crippen LogP contribution in [-0.2, 0) is 11.2 Å². The number of likely N-dealkylation sites (tertiary alicyclic amines) is 1. The monoisotopic (exact) mass is 333 g/mol. The summed E-state index contributed by atoms with van der Waals surface area (Å²) in [6.45, 7) is 5.84. The molecular formula is C16H23N5OS. The van der Waals surface area contributed by atoms with E-state index >= 15 is 0 Å². The van der Waals surface area contributed by atoms with Gasteiger partial charge in [0.1, 0.15) is 0 Å². The van der Waals surface area contributed by atoms with Crippen LogP contribution in [0.25, 0.3) is 5.78 Å². The number of thioether (sulfide) groups is 1. The van der Waals surface area contributed by atoms with Crippen LogP contribution >= 0.6 is 11.8 Å². The first-order valence-electron chi connectivity index (χ1n) is 8.14. The molecule has 0 aliphatic carbocycles. The van der Waals surface area contributed by atoms with Gasteiger partial charge in [0, 0.05) is 30.9 Å². The molecule has 1 amide bonds. The maximum Gasteiger partial charge on any atom is 0.253 e. The zero-order valence-corrected chi connectivity index (χ0v) is 14.8. The van der Waals surface area contributed by atoms with Gasteiger partial charge in [-0.2, -0.15) is 4.98 Å². The molecular weight excluding hydrogens is 310 g/mol. The smallest absolute Gasteiger partial charge is 0.253 e. The Balaban J connectivity index is 1.78. The Morgan fingerprint density at radius 2 is 1.91 bits per heavy atom. The SMILES string of the molecule is CSc1nc2nc(C)c(CCC(=O)N3CCCCC3)c(C)n2n1. The van der Waals surface area contributed by atoms with Gasteiger partial charge in [-0.1, -0.05) is 11.8 Å². The van der Waals surface area contributed by atoms with Gasteiger partial charge in [0.15, 0.2) is 0 Å². The molecule has 1 aliphatic rings. The minimum absolute atomic E-state index is 0.256. The van der Waals surface area contributed by atoms with E-state index in [0.29, 0.717) is 18.6 Å². The Labute approximate surface area is 140 Å². The molecule has 2 aromatic rings. The Kier molecular flexibility index (Phi) is 4.84. The lowest BCUT2D eigenvalue weighted by Crippen LogP contribution is -2.35. The molecule has 23 heavy (non-hydrogen) atoms. The van der Waals surface area contributed by atoms with Gasteiger partial charge in [0.25, 0.3) is 5.78 Å². The second kappa shape index (κ2) is 6.86. The largest absolute Gasteiger partial charge is 0.343 e. The van der Waals surface area contributed by atoms with Crippen LogP contribution in [0.4, 0.5) is 0 Å². The first-order valence-corrected chi connectivity index (χ1v) is 9.37. The van der Waals surface area contributed by atoms with Crippen LogP contribution in [-0.4, -0.2) is 49.7 Å². The zero-order chi connectivity index (χ0) is 16.4. The maximum atomic E-state index is 12.4. The van der Waals surface area contributed by atoms with Crippen LogP contribution in [0.5, 0.6) is 0 Å². The van der Waals surface area contributed by atoms with E-state index in [1.165, 1.54) is 18.2 Å². The summed E-state index contributed by atoms with van der Waals surface area (Å²) < 4.78 is 1.79. The predicted molar refractivity (Wildman–Crippen MR) is 90.8 cm³/mol. The molecule has 0 atom stereocenters. The number of hydrogen-bond donors (Lipinski definition) is 0. The van der Waals surface area contributed by atoms with Gasteiger partial charge in [-0.3, -0.25) is 4.79 Å². The molecule has 0 unspecified atom stereocenters. The van der Waals surface area contributed by atoms with E-state index in [-0.39, 0.29) is 5.91 Å². The van der Waals surface area contributed by atoms with Crippen molar-refractivity contribution in [2.24, 2.45) is 0 Å². The van der Waals surface area contributed by atoms with E-state index in [2.05, 4.69) is 15.1 Å². The van der Waals surface area contributed by atoms with Crippen LogP contribution in [0, 0.1) is 13.8 Å². The number of nitrogens with zero attached hydrogens (tertiary/aromatic N) is 5. The topological polar surface area (TPSA) is 63.4 Å². The number of aryl methyl sites for hydroxylation is 2. The van der Waals surface area contributed by atoms with Gasteiger partial charge in [0.2, 0.25) is 11.1 Å². The number of fused-ring (bicyclic) bond motifs is 1. The quantitative estimate of drug-likeness (QED) is 0.804. The fraction of sp³-hybridized carbons (Fsp3) is 0.625. The maximum absolute atomic E-state index is 12.4. The molecule has 3 heterocycles. The molecule has 1 aliphatic heterocycles. The van der Waals surface area contributed by atoms with Crippen molar-refractivity contribution in [1.82, 2.24) is 24.5 Å². The third-order valence-electron chi connectivity index (χ3n) is 4.51. The summed E-state index contributed by atoms with van der Waals surface area (Å²) >= 11 is 1.51. The van der Waals surface area contributed by atoms with Crippen molar-refractivity contribution in [2.75, 3.05) is 19.3 Å². The van der Waals surface area contributed by atoms with E-state index in [9.17, 15) is 4.79 Å². The summed E-state index contributed by atoms with van der Waals surface area (Å²) in [4.78, 5) is 23.3. The summed E-state index contributed by atoms with van der Waals surface area (Å²) in [5.41, 5.74) is 3.09. The van der Waals surface area contributed by atoms with E-state index in [4.69, 9.17) is 0 Å². The van der Waals surface area contributed by atoms with E-state index in [1.807, 2.05) is 25.0 Å². The molecule has 3 rings (SSSR count). The minimum Gasteiger partial charge on any atom is -0.343 e. The first-order chi connectivity index (χ1) is 11.1. The highest BCUT2D eigenvalue weighted by molar-refractivity contribution is 7.98. The van der Waals surface area contributed by atoms with Crippen molar-refractivity contribution in [2.45, 2.75) is 51.1 Å². The van der Waals surface area contributed by atoms with Gasteiger partial charge < -0.3 is 4.90 Å². The van der Waals surface area contributed by atoms with Gasteiger partial charge in [0.05, 0.1) is 0 Å². The van der Waals surface area contributed by atoms with Crippen molar-refractivity contribution in [3.05, 3.63) is 17.0 Å². The number of piperidine rings is 1. The second-order valence-corrected chi connectivity index (χ2v) is 6.79. The van der Waals surface area contributed by atoms with Crippen LogP contribution in [0.3, 0.4) is 0 Å². The minimum atomic E-state index is 0.256. The van der Waals surface area contributed by atoms with Gasteiger partial charge >= 0.3 is 0 Å². The normalized spacial score (nSPS) is 15.3. The van der Waals surface area contributed by atoms with Crippen molar-refractivity contribution in [3.63, 3.8) is 0 Å². The number of hydrogen-bond acceptors (Lipinski definition) is 5. The van der Waals surface area contributed by atoms with Gasteiger partial charge in [-0.15, -0.1) is 5.10 Å². The molecule has 0 N–H and O–H groups in total. The van der Waals surface area contributed by atoms with Gasteiger partial charge in [-0.25, -0.2) is 9.50 Å². The summed E-state index contributed by atoms with van der Waals surface area (Å²) in [5, 5.41) is 5.18. The van der Waals surface area contributed by atoms with Crippen molar-refractivity contribution in [3.8, 4) is 0 Å². The average molecular weight is 333 g/mol. The molecule has 1 fully saturated rings. The van der Waals surface area contributed by atoms with E-state index in [1.54, 1.807) is 4.52 Å². The van der Waals surface area contributed by atoms with E-state index in [0.717, 1.165) is 48.0 Å². The van der Waals surface area contributed by atoms with E-state index < -0.39 is 0 Å². The van der Waals surface area contributed by atoms with Crippen LogP contribution in [0.1, 0.15) is 42.6 Å². The van der Waals surface area contributed by atoms with Crippen molar-refractivity contribution >= 4 is 23.4 Å². The molecule has 7 heteroatoms. The first kappa shape index (κ1) is 16.2. The molecule has 2 aromatic heterocycles. The lowest BCUT2D eigenvalue weighted by Gasteiger charge is -2.26. The fourth-order valence-electron chi connectivity index (χ4n) is 3.17. The van der Waals surface area contributed by atoms with Crippen molar-refractivity contribution < 1.29 is 4.79 Å². The zero-order valence-electron chi connectivity index (χ0n) is 14.0. The second-order valence-electron chi connectivity index (χ2n) is 6.01. The third-order valence-corrected chi connectivity index (χ3v) is 5.05. The number of carbonyl (C=O) groups excluding carboxylic acids is 1. The molecule has 6 nitrogen and oxygen atoms in total. The van der Waals surface area contributed by atoms with Crippen molar-refractivity contribution in [1.29, 1.82) is 0 Å². The Morgan fingerprint density at radius 1 is 1.17 bits per heavy atom. The molecule has 1 saturated heterocycles. The standard InChI is InChI=1S/C16H23N5OS/c1-11-13(7-8-14(22)20-9-5-4-6-10-20)12(2)21-15(17-11)18-16(19-21)23-3/h4-10H2,1-3H3. The van der Waals surface area contributed by atoms with Gasteiger partial charge in [-0.05, 0) is 51.3 Å². The highest BCUT2D eigenvalue weighted by Gasteiger charge is 2.18. The predicted octanol–water partition coefficient (Wildman–Crippen LogP) is 2.41. The third kappa shape index (κ3) is 3.34. The lowest BCUT2D eigenvalue weighted by atomic mass is 10.0. The summed E-state index contributed by atoms with van der Waals surface area (Å²) in [7, 11) is 0. The van der Waals surface area contributed by atoms with Crippen LogP contribution < -0.4 is 0 Å². The molecule has 0 spiro atoms. The molecule has 0 bridgehead atoms. The fourth-order valence-corrected chi connectivity index (χ4v) is 3.51. The Morgan fingerprint density at radius 3 is 2.61 bits per heavy atom. The summed E-state index contributed by atoms with van der Waals surface area (Å²) in [6, 6.07) is 0. The lowest BCUT2D eigenvalue weighted by molar-refractivity contribution is -0.132. The number of amides is 1. The highest BCUT2D eigenvalue weighted by Crippen LogP contribution is 2.19. The molecule has 0 saturated carbocycles. The number of aromatic nitrogens is 4. The summed E-state index contributed by atoms with van der Waals surface area (Å²) in [6.07, 6.45) is 6.71. The molecule has 0 aromatic carbocycles. The Hall–Kier alpha value is -1.63.